The number of unbranched alkanes of at least 4 members (excludes halogenated alkanes) is 1. The van der Waals surface area contributed by atoms with Gasteiger partial charge in [0.1, 0.15) is 6.04 Å². The minimum Gasteiger partial charge on any atom is -0.325 e. The lowest BCUT2D eigenvalue weighted by Crippen LogP contribution is -2.42. The Balaban J connectivity index is 2.39. The first-order valence-corrected chi connectivity index (χ1v) is 6.68. The van der Waals surface area contributed by atoms with Gasteiger partial charge in [0.05, 0.1) is 5.75 Å². The largest absolute Gasteiger partial charge is 0.325 e. The standard InChI is InChI=1S/C8H15N3O4S/c1-2-3-4-16(14,15)9-5-6-7(12)11-8(13)10-6/h6,9H,2-5H2,1H3,(H2,10,11,12,13). The molecular weight excluding hydrogens is 234 g/mol. The summed E-state index contributed by atoms with van der Waals surface area (Å²) < 4.78 is 25.0. The number of nitrogens with one attached hydrogen (secondary N) is 3. The Kier molecular flexibility index (Phi) is 4.25. The molecule has 8 heteroatoms. The van der Waals surface area contributed by atoms with Gasteiger partial charge in [0.15, 0.2) is 0 Å². The van der Waals surface area contributed by atoms with Crippen molar-refractivity contribution in [3.05, 3.63) is 0 Å². The molecule has 3 amide bonds. The minimum absolute atomic E-state index is 0.0335. The smallest absolute Gasteiger partial charge is 0.322 e. The van der Waals surface area contributed by atoms with Crippen molar-refractivity contribution >= 4 is 22.0 Å². The van der Waals surface area contributed by atoms with Gasteiger partial charge in [-0.3, -0.25) is 10.1 Å². The Bertz CT molecular complexity index is 379. The molecule has 1 aliphatic rings. The number of amides is 3. The lowest BCUT2D eigenvalue weighted by molar-refractivity contribution is -0.120. The molecule has 0 bridgehead atoms. The van der Waals surface area contributed by atoms with Crippen LogP contribution in [0.1, 0.15) is 19.8 Å². The molecule has 1 atom stereocenters. The number of carbonyl (C=O) groups excluding carboxylic acids is 2. The normalized spacial score (nSPS) is 20.7. The maximum Gasteiger partial charge on any atom is 0.322 e. The maximum absolute atomic E-state index is 11.4. The Labute approximate surface area is 94.0 Å². The van der Waals surface area contributed by atoms with Crippen molar-refractivity contribution in [3.63, 3.8) is 0 Å². The predicted octanol–water partition coefficient (Wildman–Crippen LogP) is -1.09. The molecule has 0 saturated carbocycles. The van der Waals surface area contributed by atoms with E-state index in [0.717, 1.165) is 6.42 Å². The van der Waals surface area contributed by atoms with Crippen LogP contribution in [0.3, 0.4) is 0 Å². The van der Waals surface area contributed by atoms with Crippen LogP contribution in [-0.4, -0.2) is 38.7 Å². The molecule has 1 rings (SSSR count). The van der Waals surface area contributed by atoms with E-state index in [1.165, 1.54) is 0 Å². The summed E-state index contributed by atoms with van der Waals surface area (Å²) in [6.07, 6.45) is 1.35. The molecule has 1 unspecified atom stereocenters. The van der Waals surface area contributed by atoms with Gasteiger partial charge in [-0.15, -0.1) is 0 Å². The summed E-state index contributed by atoms with van der Waals surface area (Å²) >= 11 is 0. The van der Waals surface area contributed by atoms with Crippen LogP contribution in [0.2, 0.25) is 0 Å². The van der Waals surface area contributed by atoms with Crippen LogP contribution in [0.4, 0.5) is 4.79 Å². The monoisotopic (exact) mass is 249 g/mol. The molecule has 7 nitrogen and oxygen atoms in total. The zero-order valence-corrected chi connectivity index (χ0v) is 9.76. The molecule has 1 fully saturated rings. The highest BCUT2D eigenvalue weighted by atomic mass is 32.2. The van der Waals surface area contributed by atoms with Gasteiger partial charge in [0.2, 0.25) is 10.0 Å². The lowest BCUT2D eigenvalue weighted by atomic mass is 10.3. The minimum atomic E-state index is -3.35. The van der Waals surface area contributed by atoms with Gasteiger partial charge >= 0.3 is 6.03 Å². The number of hydrogen-bond acceptors (Lipinski definition) is 4. The van der Waals surface area contributed by atoms with Gasteiger partial charge in [0, 0.05) is 6.54 Å². The molecular formula is C8H15N3O4S. The summed E-state index contributed by atoms with van der Waals surface area (Å²) in [5.74, 6) is -0.477. The van der Waals surface area contributed by atoms with Gasteiger partial charge in [0.25, 0.3) is 5.91 Å². The third kappa shape index (κ3) is 3.78. The Morgan fingerprint density at radius 3 is 2.56 bits per heavy atom. The van der Waals surface area contributed by atoms with E-state index in [2.05, 4.69) is 10.0 Å². The van der Waals surface area contributed by atoms with Crippen LogP contribution in [0.5, 0.6) is 0 Å². The van der Waals surface area contributed by atoms with Crippen molar-refractivity contribution < 1.29 is 18.0 Å². The lowest BCUT2D eigenvalue weighted by Gasteiger charge is -2.09. The molecule has 0 aromatic heterocycles. The highest BCUT2D eigenvalue weighted by Crippen LogP contribution is 1.96. The number of imide groups is 1. The summed E-state index contributed by atoms with van der Waals surface area (Å²) in [6, 6.07) is -1.41. The highest BCUT2D eigenvalue weighted by Gasteiger charge is 2.30. The second-order valence-corrected chi connectivity index (χ2v) is 5.46. The molecule has 3 N–H and O–H groups in total. The topological polar surface area (TPSA) is 104 Å². The van der Waals surface area contributed by atoms with Gasteiger partial charge < -0.3 is 5.32 Å². The Morgan fingerprint density at radius 1 is 1.38 bits per heavy atom. The predicted molar refractivity (Wildman–Crippen MR) is 57.2 cm³/mol. The zero-order chi connectivity index (χ0) is 12.2. The van der Waals surface area contributed by atoms with Crippen molar-refractivity contribution in [1.82, 2.24) is 15.4 Å². The van der Waals surface area contributed by atoms with Crippen LogP contribution < -0.4 is 15.4 Å². The van der Waals surface area contributed by atoms with Crippen molar-refractivity contribution in [2.24, 2.45) is 0 Å². The van der Waals surface area contributed by atoms with Crippen molar-refractivity contribution in [2.45, 2.75) is 25.8 Å². The molecule has 0 aromatic rings. The summed E-state index contributed by atoms with van der Waals surface area (Å²) in [4.78, 5) is 21.8. The van der Waals surface area contributed by atoms with Crippen LogP contribution in [0.25, 0.3) is 0 Å². The molecule has 0 spiro atoms. The van der Waals surface area contributed by atoms with Crippen molar-refractivity contribution in [2.75, 3.05) is 12.3 Å². The van der Waals surface area contributed by atoms with E-state index in [1.54, 1.807) is 0 Å². The first kappa shape index (κ1) is 12.9. The average molecular weight is 249 g/mol. The summed E-state index contributed by atoms with van der Waals surface area (Å²) in [7, 11) is -3.35. The molecule has 0 aliphatic carbocycles. The maximum atomic E-state index is 11.4. The van der Waals surface area contributed by atoms with E-state index >= 15 is 0 Å². The van der Waals surface area contributed by atoms with E-state index < -0.39 is 28.0 Å². The summed E-state index contributed by atoms with van der Waals surface area (Å²) in [5.41, 5.74) is 0. The fourth-order valence-electron chi connectivity index (χ4n) is 1.22. The van der Waals surface area contributed by atoms with E-state index in [0.29, 0.717) is 6.42 Å². The van der Waals surface area contributed by atoms with Crippen LogP contribution in [-0.2, 0) is 14.8 Å². The number of urea groups is 1. The van der Waals surface area contributed by atoms with E-state index in [9.17, 15) is 18.0 Å². The molecule has 1 aliphatic heterocycles. The summed E-state index contributed by atoms with van der Waals surface area (Å²) in [6.45, 7) is 1.78. The molecule has 92 valence electrons. The number of sulfonamides is 1. The fraction of sp³-hybridized carbons (Fsp3) is 0.750. The number of hydrogen-bond donors (Lipinski definition) is 3. The summed E-state index contributed by atoms with van der Waals surface area (Å²) in [5, 5.41) is 4.33. The number of rotatable bonds is 6. The van der Waals surface area contributed by atoms with Gasteiger partial charge in [-0.1, -0.05) is 13.3 Å². The molecule has 0 radical (unpaired) electrons. The average Bonchev–Trinajstić information content (AvgIpc) is 2.52. The molecule has 16 heavy (non-hydrogen) atoms. The van der Waals surface area contributed by atoms with E-state index in [4.69, 9.17) is 0 Å². The second-order valence-electron chi connectivity index (χ2n) is 3.54. The van der Waals surface area contributed by atoms with Crippen LogP contribution >= 0.6 is 0 Å². The van der Waals surface area contributed by atoms with Gasteiger partial charge in [-0.25, -0.2) is 17.9 Å². The van der Waals surface area contributed by atoms with E-state index in [-0.39, 0.29) is 12.3 Å². The first-order valence-electron chi connectivity index (χ1n) is 5.03. The number of carbonyl (C=O) groups is 2. The Hall–Kier alpha value is -1.15. The highest BCUT2D eigenvalue weighted by molar-refractivity contribution is 7.89. The SMILES string of the molecule is CCCCS(=O)(=O)NCC1NC(=O)NC1=O. The first-order chi connectivity index (χ1) is 7.44. The Morgan fingerprint density at radius 2 is 2.06 bits per heavy atom. The second kappa shape index (κ2) is 5.26. The zero-order valence-electron chi connectivity index (χ0n) is 8.95. The fourth-order valence-corrected chi connectivity index (χ4v) is 2.45. The van der Waals surface area contributed by atoms with Crippen LogP contribution in [0.15, 0.2) is 0 Å². The van der Waals surface area contributed by atoms with Gasteiger partial charge in [-0.05, 0) is 6.42 Å². The third-order valence-corrected chi connectivity index (χ3v) is 3.57. The van der Waals surface area contributed by atoms with Crippen molar-refractivity contribution in [1.29, 1.82) is 0 Å². The van der Waals surface area contributed by atoms with Crippen molar-refractivity contribution in [3.8, 4) is 0 Å². The quantitative estimate of drug-likeness (QED) is 0.520. The molecule has 1 heterocycles. The van der Waals surface area contributed by atoms with E-state index in [1.807, 2.05) is 12.2 Å². The van der Waals surface area contributed by atoms with Crippen LogP contribution in [0, 0.1) is 0 Å². The third-order valence-electron chi connectivity index (χ3n) is 2.13. The van der Waals surface area contributed by atoms with Gasteiger partial charge in [-0.2, -0.15) is 0 Å². The molecule has 0 aromatic carbocycles. The molecule has 1 saturated heterocycles.